The molecule has 2 nitrogen and oxygen atoms in total. The van der Waals surface area contributed by atoms with Gasteiger partial charge in [-0.3, -0.25) is 0 Å². The Morgan fingerprint density at radius 2 is 0.927 bits per heavy atom. The van der Waals surface area contributed by atoms with E-state index in [1.165, 1.54) is 53.2 Å². The SMILES string of the molecule is c1cc(-c2cccc3ccccc23)cc(N(c2cccc(-c3cccc4sc5ccccc5c34)c2)c2ccccc2-c2cccc3oc4ccccc4c23)c1. The molecule has 0 aliphatic carbocycles. The maximum atomic E-state index is 6.40. The van der Waals surface area contributed by atoms with Gasteiger partial charge >= 0.3 is 0 Å². The number of anilines is 3. The van der Waals surface area contributed by atoms with Crippen LogP contribution >= 0.6 is 11.3 Å². The van der Waals surface area contributed by atoms with E-state index in [2.05, 4.69) is 199 Å². The highest BCUT2D eigenvalue weighted by Crippen LogP contribution is 2.47. The smallest absolute Gasteiger partial charge is 0.136 e. The van der Waals surface area contributed by atoms with Gasteiger partial charge in [0.2, 0.25) is 0 Å². The van der Waals surface area contributed by atoms with Crippen molar-refractivity contribution in [3.05, 3.63) is 200 Å². The van der Waals surface area contributed by atoms with Gasteiger partial charge in [0.15, 0.2) is 0 Å². The van der Waals surface area contributed by atoms with Crippen molar-refractivity contribution in [2.24, 2.45) is 0 Å². The quantitative estimate of drug-likeness (QED) is 0.170. The predicted molar refractivity (Wildman–Crippen MR) is 235 cm³/mol. The molecule has 0 saturated carbocycles. The van der Waals surface area contributed by atoms with Gasteiger partial charge in [-0.05, 0) is 93.2 Å². The maximum absolute atomic E-state index is 6.40. The molecule has 0 bridgehead atoms. The van der Waals surface area contributed by atoms with Crippen LogP contribution in [0.5, 0.6) is 0 Å². The Morgan fingerprint density at radius 3 is 1.80 bits per heavy atom. The van der Waals surface area contributed by atoms with Gasteiger partial charge in [-0.25, -0.2) is 0 Å². The normalized spacial score (nSPS) is 11.6. The van der Waals surface area contributed by atoms with Crippen LogP contribution in [-0.2, 0) is 0 Å². The highest BCUT2D eigenvalue weighted by atomic mass is 32.1. The molecule has 3 heteroatoms. The molecular formula is C52H33NOS. The van der Waals surface area contributed by atoms with E-state index in [1.807, 2.05) is 17.4 Å². The van der Waals surface area contributed by atoms with E-state index in [9.17, 15) is 0 Å². The fourth-order valence-electron chi connectivity index (χ4n) is 8.44. The van der Waals surface area contributed by atoms with Gasteiger partial charge in [0.05, 0.1) is 5.69 Å². The Hall–Kier alpha value is -6.94. The lowest BCUT2D eigenvalue weighted by Gasteiger charge is -2.29. The van der Waals surface area contributed by atoms with Crippen molar-refractivity contribution in [3.8, 4) is 33.4 Å². The van der Waals surface area contributed by atoms with Crippen molar-refractivity contribution in [1.82, 2.24) is 0 Å². The molecule has 11 aromatic rings. The van der Waals surface area contributed by atoms with Gasteiger partial charge in [0.1, 0.15) is 11.2 Å². The number of para-hydroxylation sites is 2. The third kappa shape index (κ3) is 5.24. The number of benzene rings is 9. The number of rotatable bonds is 6. The molecule has 0 N–H and O–H groups in total. The van der Waals surface area contributed by atoms with E-state index >= 15 is 0 Å². The van der Waals surface area contributed by atoms with Crippen molar-refractivity contribution in [3.63, 3.8) is 0 Å². The number of thiophene rings is 1. The molecule has 9 aromatic carbocycles. The largest absolute Gasteiger partial charge is 0.456 e. The van der Waals surface area contributed by atoms with Crippen LogP contribution in [-0.4, -0.2) is 0 Å². The molecule has 2 heterocycles. The summed E-state index contributed by atoms with van der Waals surface area (Å²) in [6.07, 6.45) is 0. The summed E-state index contributed by atoms with van der Waals surface area (Å²) in [7, 11) is 0. The van der Waals surface area contributed by atoms with Gasteiger partial charge < -0.3 is 9.32 Å². The van der Waals surface area contributed by atoms with Crippen LogP contribution in [0.2, 0.25) is 0 Å². The van der Waals surface area contributed by atoms with Gasteiger partial charge in [-0.2, -0.15) is 0 Å². The van der Waals surface area contributed by atoms with Gasteiger partial charge in [0, 0.05) is 47.9 Å². The molecule has 0 amide bonds. The molecule has 55 heavy (non-hydrogen) atoms. The summed E-state index contributed by atoms with van der Waals surface area (Å²) >= 11 is 1.86. The predicted octanol–water partition coefficient (Wildman–Crippen LogP) is 15.6. The fraction of sp³-hybridized carbons (Fsp3) is 0. The minimum absolute atomic E-state index is 0.885. The number of hydrogen-bond donors (Lipinski definition) is 0. The van der Waals surface area contributed by atoms with E-state index in [-0.39, 0.29) is 0 Å². The lowest BCUT2D eigenvalue weighted by Crippen LogP contribution is -2.11. The Kier molecular flexibility index (Phi) is 7.39. The van der Waals surface area contributed by atoms with Gasteiger partial charge in [-0.1, -0.05) is 146 Å². The Labute approximate surface area is 322 Å². The number of fused-ring (bicyclic) bond motifs is 7. The Bertz CT molecular complexity index is 3240. The zero-order chi connectivity index (χ0) is 36.3. The van der Waals surface area contributed by atoms with E-state index in [1.54, 1.807) is 0 Å². The summed E-state index contributed by atoms with van der Waals surface area (Å²) in [5.74, 6) is 0. The number of nitrogens with zero attached hydrogens (tertiary/aromatic N) is 1. The summed E-state index contributed by atoms with van der Waals surface area (Å²) in [5.41, 5.74) is 12.1. The molecule has 0 unspecified atom stereocenters. The first-order chi connectivity index (χ1) is 27.3. The van der Waals surface area contributed by atoms with Crippen LogP contribution in [0.4, 0.5) is 17.1 Å². The maximum Gasteiger partial charge on any atom is 0.136 e. The third-order valence-corrected chi connectivity index (χ3v) is 12.0. The standard InChI is InChI=1S/C52H33NOS/c1-2-20-39-34(14-1)15-11-24-40(39)35-16-9-18-37(32-35)53(38-19-10-17-36(33-38)41-25-13-31-50-52(41)45-23-5-8-30-49(45)55-50)46-27-6-3-21-42(46)43-26-12-29-48-51(43)44-22-4-7-28-47(44)54-48/h1-33H. The van der Waals surface area contributed by atoms with Crippen molar-refractivity contribution in [1.29, 1.82) is 0 Å². The molecule has 11 rings (SSSR count). The second-order valence-corrected chi connectivity index (χ2v) is 15.1. The molecule has 258 valence electrons. The molecule has 0 radical (unpaired) electrons. The zero-order valence-electron chi connectivity index (χ0n) is 29.8. The van der Waals surface area contributed by atoms with Crippen molar-refractivity contribution in [2.75, 3.05) is 4.90 Å². The monoisotopic (exact) mass is 719 g/mol. The van der Waals surface area contributed by atoms with Crippen molar-refractivity contribution >= 4 is 81.3 Å². The molecule has 0 saturated heterocycles. The second-order valence-electron chi connectivity index (χ2n) is 14.0. The highest BCUT2D eigenvalue weighted by molar-refractivity contribution is 7.25. The summed E-state index contributed by atoms with van der Waals surface area (Å²) in [6, 6.07) is 72.3. The average molecular weight is 720 g/mol. The van der Waals surface area contributed by atoms with Crippen LogP contribution in [0.3, 0.4) is 0 Å². The van der Waals surface area contributed by atoms with Crippen molar-refractivity contribution in [2.45, 2.75) is 0 Å². The third-order valence-electron chi connectivity index (χ3n) is 10.9. The van der Waals surface area contributed by atoms with Crippen LogP contribution in [0.1, 0.15) is 0 Å². The molecule has 0 aliphatic heterocycles. The van der Waals surface area contributed by atoms with E-state index in [0.29, 0.717) is 0 Å². The Morgan fingerprint density at radius 1 is 0.364 bits per heavy atom. The van der Waals surface area contributed by atoms with E-state index in [4.69, 9.17) is 4.42 Å². The molecule has 0 fully saturated rings. The van der Waals surface area contributed by atoms with Crippen molar-refractivity contribution < 1.29 is 4.42 Å². The van der Waals surface area contributed by atoms with E-state index < -0.39 is 0 Å². The van der Waals surface area contributed by atoms with Gasteiger partial charge in [0.25, 0.3) is 0 Å². The number of hydrogen-bond acceptors (Lipinski definition) is 3. The van der Waals surface area contributed by atoms with Crippen LogP contribution in [0.15, 0.2) is 205 Å². The minimum Gasteiger partial charge on any atom is -0.456 e. The van der Waals surface area contributed by atoms with Gasteiger partial charge in [-0.15, -0.1) is 11.3 Å². The average Bonchev–Trinajstić information content (AvgIpc) is 3.83. The van der Waals surface area contributed by atoms with Crippen LogP contribution < -0.4 is 4.90 Å². The minimum atomic E-state index is 0.885. The lowest BCUT2D eigenvalue weighted by atomic mass is 9.95. The Balaban J connectivity index is 1.16. The first-order valence-corrected chi connectivity index (χ1v) is 19.5. The molecule has 0 atom stereocenters. The highest BCUT2D eigenvalue weighted by Gasteiger charge is 2.22. The summed E-state index contributed by atoms with van der Waals surface area (Å²) in [6.45, 7) is 0. The van der Waals surface area contributed by atoms with Crippen LogP contribution in [0, 0.1) is 0 Å². The summed E-state index contributed by atoms with van der Waals surface area (Å²) in [4.78, 5) is 2.43. The molecule has 0 aliphatic rings. The van der Waals surface area contributed by atoms with E-state index in [0.717, 1.165) is 50.1 Å². The topological polar surface area (TPSA) is 16.4 Å². The second kappa shape index (κ2) is 12.9. The summed E-state index contributed by atoms with van der Waals surface area (Å²) in [5, 5.41) is 7.32. The molecule has 0 spiro atoms. The molecule has 2 aromatic heterocycles. The number of furan rings is 1. The fourth-order valence-corrected chi connectivity index (χ4v) is 9.57. The molecular weight excluding hydrogens is 687 g/mol. The first-order valence-electron chi connectivity index (χ1n) is 18.7. The zero-order valence-corrected chi connectivity index (χ0v) is 30.6. The van der Waals surface area contributed by atoms with Crippen LogP contribution in [0.25, 0.3) is 86.3 Å². The summed E-state index contributed by atoms with van der Waals surface area (Å²) < 4.78 is 9.00. The lowest BCUT2D eigenvalue weighted by molar-refractivity contribution is 0.669. The first kappa shape index (κ1) is 31.6.